The van der Waals surface area contributed by atoms with Gasteiger partial charge in [-0.3, -0.25) is 14.5 Å². The second kappa shape index (κ2) is 11.0. The Balaban J connectivity index is 1.82. The molecule has 3 rings (SSSR count). The van der Waals surface area contributed by atoms with Crippen LogP contribution >= 0.6 is 11.3 Å². The highest BCUT2D eigenvalue weighted by molar-refractivity contribution is 7.89. The van der Waals surface area contributed by atoms with Crippen LogP contribution in [0.5, 0.6) is 0 Å². The van der Waals surface area contributed by atoms with Crippen LogP contribution < -0.4 is 11.1 Å². The van der Waals surface area contributed by atoms with Crippen LogP contribution in [0.25, 0.3) is 0 Å². The summed E-state index contributed by atoms with van der Waals surface area (Å²) in [5.74, 6) is -0.969. The molecule has 0 unspecified atom stereocenters. The lowest BCUT2D eigenvalue weighted by Crippen LogP contribution is -2.35. The minimum Gasteiger partial charge on any atom is -0.365 e. The van der Waals surface area contributed by atoms with Gasteiger partial charge in [0.1, 0.15) is 5.00 Å². The fourth-order valence-electron chi connectivity index (χ4n) is 4.17. The molecule has 1 aromatic carbocycles. The first-order valence-electron chi connectivity index (χ1n) is 11.7. The average molecular weight is 507 g/mol. The summed E-state index contributed by atoms with van der Waals surface area (Å²) >= 11 is 1.38. The molecule has 0 fully saturated rings. The molecular formula is C24H34N4O4S2. The van der Waals surface area contributed by atoms with Crippen LogP contribution in [0.1, 0.15) is 71.7 Å². The molecule has 0 saturated carbocycles. The summed E-state index contributed by atoms with van der Waals surface area (Å²) in [5.41, 5.74) is 7.27. The summed E-state index contributed by atoms with van der Waals surface area (Å²) in [5, 5.41) is 3.28. The normalized spacial score (nSPS) is 14.4. The summed E-state index contributed by atoms with van der Waals surface area (Å²) in [6.45, 7) is 10.6. The summed E-state index contributed by atoms with van der Waals surface area (Å²) in [6, 6.07) is 6.28. The summed E-state index contributed by atoms with van der Waals surface area (Å²) < 4.78 is 27.4. The number of primary amides is 1. The van der Waals surface area contributed by atoms with E-state index in [4.69, 9.17) is 5.73 Å². The third-order valence-electron chi connectivity index (χ3n) is 5.99. The van der Waals surface area contributed by atoms with E-state index in [0.29, 0.717) is 48.2 Å². The van der Waals surface area contributed by atoms with E-state index in [9.17, 15) is 18.0 Å². The molecule has 0 atom stereocenters. The maximum atomic E-state index is 13.0. The van der Waals surface area contributed by atoms with Crippen LogP contribution in [-0.2, 0) is 23.0 Å². The Kier molecular flexibility index (Phi) is 8.51. The van der Waals surface area contributed by atoms with Crippen molar-refractivity contribution in [2.75, 3.05) is 25.0 Å². The van der Waals surface area contributed by atoms with Gasteiger partial charge in [-0.15, -0.1) is 11.3 Å². The molecule has 0 bridgehead atoms. The van der Waals surface area contributed by atoms with Crippen molar-refractivity contribution >= 4 is 38.2 Å². The highest BCUT2D eigenvalue weighted by atomic mass is 32.2. The van der Waals surface area contributed by atoms with Crippen molar-refractivity contribution in [3.63, 3.8) is 0 Å². The van der Waals surface area contributed by atoms with Crippen molar-refractivity contribution in [1.29, 1.82) is 0 Å². The number of benzene rings is 1. The lowest BCUT2D eigenvalue weighted by Gasteiger charge is -2.30. The highest BCUT2D eigenvalue weighted by Crippen LogP contribution is 2.37. The number of thiophene rings is 1. The standard InChI is InChI=1S/C24H34N4O4S2/c1-5-12-28(13-6-2)34(31,32)18-9-7-17(8-10-18)23(30)26-24-21(22(25)29)19-11-14-27(16(3)4)15-20(19)33-24/h7-10,16H,5-6,11-15H2,1-4H3,(H2,25,29)(H,26,30). The molecule has 10 heteroatoms. The van der Waals surface area contributed by atoms with Crippen LogP contribution in [0, 0.1) is 0 Å². The Morgan fingerprint density at radius 1 is 1.15 bits per heavy atom. The molecule has 8 nitrogen and oxygen atoms in total. The number of rotatable bonds is 10. The Labute approximate surface area is 206 Å². The fraction of sp³-hybridized carbons (Fsp3) is 0.500. The van der Waals surface area contributed by atoms with Gasteiger partial charge in [0.15, 0.2) is 0 Å². The number of nitrogens with two attached hydrogens (primary N) is 1. The first kappa shape index (κ1) is 26.3. The number of anilines is 1. The van der Waals surface area contributed by atoms with Crippen molar-refractivity contribution in [1.82, 2.24) is 9.21 Å². The molecule has 0 aliphatic carbocycles. The minimum absolute atomic E-state index is 0.157. The quantitative estimate of drug-likeness (QED) is 0.510. The van der Waals surface area contributed by atoms with Crippen LogP contribution in [0.2, 0.25) is 0 Å². The molecule has 1 aliphatic heterocycles. The van der Waals surface area contributed by atoms with Gasteiger partial charge in [-0.1, -0.05) is 13.8 Å². The van der Waals surface area contributed by atoms with Crippen molar-refractivity contribution in [3.8, 4) is 0 Å². The number of sulfonamides is 1. The SMILES string of the molecule is CCCN(CCC)S(=O)(=O)c1ccc(C(=O)Nc2sc3c(c2C(N)=O)CCN(C(C)C)C3)cc1. The number of hydrogen-bond donors (Lipinski definition) is 2. The molecule has 186 valence electrons. The largest absolute Gasteiger partial charge is 0.365 e. The highest BCUT2D eigenvalue weighted by Gasteiger charge is 2.29. The van der Waals surface area contributed by atoms with Crippen molar-refractivity contribution in [3.05, 3.63) is 45.8 Å². The van der Waals surface area contributed by atoms with Gasteiger partial charge in [0.05, 0.1) is 10.5 Å². The van der Waals surface area contributed by atoms with Gasteiger partial charge in [-0.2, -0.15) is 4.31 Å². The lowest BCUT2D eigenvalue weighted by molar-refractivity contribution is 0.0999. The lowest BCUT2D eigenvalue weighted by atomic mass is 10.0. The van der Waals surface area contributed by atoms with Crippen LogP contribution in [-0.4, -0.2) is 55.1 Å². The number of hydrogen-bond acceptors (Lipinski definition) is 6. The second-order valence-electron chi connectivity index (χ2n) is 8.77. The Bertz CT molecular complexity index is 1130. The Hall–Kier alpha value is -2.27. The summed E-state index contributed by atoms with van der Waals surface area (Å²) in [6.07, 6.45) is 2.15. The van der Waals surface area contributed by atoms with Crippen molar-refractivity contribution in [2.24, 2.45) is 5.73 Å². The first-order chi connectivity index (χ1) is 16.1. The summed E-state index contributed by atoms with van der Waals surface area (Å²) in [4.78, 5) is 28.7. The topological polar surface area (TPSA) is 113 Å². The Morgan fingerprint density at radius 3 is 2.29 bits per heavy atom. The maximum Gasteiger partial charge on any atom is 0.256 e. The number of nitrogens with one attached hydrogen (secondary N) is 1. The third kappa shape index (κ3) is 5.51. The van der Waals surface area contributed by atoms with Crippen LogP contribution in [0.3, 0.4) is 0 Å². The number of nitrogens with zero attached hydrogens (tertiary/aromatic N) is 2. The molecule has 3 N–H and O–H groups in total. The van der Waals surface area contributed by atoms with Gasteiger partial charge in [-0.05, 0) is 62.9 Å². The van der Waals surface area contributed by atoms with Gasteiger partial charge in [0, 0.05) is 42.7 Å². The van der Waals surface area contributed by atoms with Crippen molar-refractivity contribution in [2.45, 2.75) is 64.4 Å². The third-order valence-corrected chi connectivity index (χ3v) is 9.04. The molecule has 0 radical (unpaired) electrons. The zero-order valence-electron chi connectivity index (χ0n) is 20.3. The molecule has 0 saturated heterocycles. The molecular weight excluding hydrogens is 472 g/mol. The van der Waals surface area contributed by atoms with E-state index >= 15 is 0 Å². The molecule has 2 amide bonds. The number of amides is 2. The zero-order chi connectivity index (χ0) is 25.0. The predicted octanol–water partition coefficient (Wildman–Crippen LogP) is 3.68. The Morgan fingerprint density at radius 2 is 1.76 bits per heavy atom. The van der Waals surface area contributed by atoms with E-state index in [0.717, 1.165) is 29.8 Å². The van der Waals surface area contributed by atoms with E-state index in [1.807, 2.05) is 13.8 Å². The molecule has 2 heterocycles. The molecule has 2 aromatic rings. The first-order valence-corrected chi connectivity index (χ1v) is 14.0. The maximum absolute atomic E-state index is 13.0. The molecule has 0 spiro atoms. The van der Waals surface area contributed by atoms with E-state index in [1.54, 1.807) is 0 Å². The van der Waals surface area contributed by atoms with Gasteiger partial charge < -0.3 is 11.1 Å². The zero-order valence-corrected chi connectivity index (χ0v) is 21.9. The summed E-state index contributed by atoms with van der Waals surface area (Å²) in [7, 11) is -3.62. The fourth-order valence-corrected chi connectivity index (χ4v) is 7.06. The van der Waals surface area contributed by atoms with E-state index in [2.05, 4.69) is 24.1 Å². The monoisotopic (exact) mass is 506 g/mol. The molecule has 1 aromatic heterocycles. The predicted molar refractivity (Wildman–Crippen MR) is 136 cm³/mol. The van der Waals surface area contributed by atoms with E-state index < -0.39 is 21.8 Å². The second-order valence-corrected chi connectivity index (χ2v) is 11.8. The van der Waals surface area contributed by atoms with Crippen LogP contribution in [0.4, 0.5) is 5.00 Å². The van der Waals surface area contributed by atoms with Gasteiger partial charge >= 0.3 is 0 Å². The number of carbonyl (C=O) groups is 2. The minimum atomic E-state index is -3.62. The van der Waals surface area contributed by atoms with Crippen LogP contribution in [0.15, 0.2) is 29.2 Å². The van der Waals surface area contributed by atoms with E-state index in [-0.39, 0.29) is 4.90 Å². The van der Waals surface area contributed by atoms with Crippen molar-refractivity contribution < 1.29 is 18.0 Å². The van der Waals surface area contributed by atoms with Gasteiger partial charge in [-0.25, -0.2) is 8.42 Å². The smallest absolute Gasteiger partial charge is 0.256 e. The number of carbonyl (C=O) groups excluding carboxylic acids is 2. The van der Waals surface area contributed by atoms with Gasteiger partial charge in [0.25, 0.3) is 11.8 Å². The van der Waals surface area contributed by atoms with Gasteiger partial charge in [0.2, 0.25) is 10.0 Å². The molecule has 34 heavy (non-hydrogen) atoms. The average Bonchev–Trinajstić information content (AvgIpc) is 3.16. The molecule has 1 aliphatic rings. The number of fused-ring (bicyclic) bond motifs is 1. The van der Waals surface area contributed by atoms with E-state index in [1.165, 1.54) is 39.9 Å².